The van der Waals surface area contributed by atoms with Crippen LogP contribution >= 0.6 is 0 Å². The lowest BCUT2D eigenvalue weighted by atomic mass is 9.99. The van der Waals surface area contributed by atoms with Crippen LogP contribution < -0.4 is 6.15 Å². The minimum Gasteiger partial charge on any atom is -0.344 e. The van der Waals surface area contributed by atoms with E-state index >= 15 is 0 Å². The summed E-state index contributed by atoms with van der Waals surface area (Å²) in [5.41, 5.74) is 0. The Balaban J connectivity index is 0. The maximum absolute atomic E-state index is 13.3. The van der Waals surface area contributed by atoms with Crippen molar-refractivity contribution in [3.05, 3.63) is 0 Å². The molecule has 0 heterocycles. The maximum Gasteiger partial charge on any atom is 0.267 e. The monoisotopic (exact) mass is 379 g/mol. The summed E-state index contributed by atoms with van der Waals surface area (Å²) >= 11 is 0. The number of rotatable bonds is 11. The van der Waals surface area contributed by atoms with Gasteiger partial charge in [0.05, 0.1) is 6.67 Å². The highest BCUT2D eigenvalue weighted by atomic mass is 32.2. The number of hydrogen-bond donors (Lipinski definition) is 2. The molecule has 6 unspecified atom stereocenters. The molecule has 0 spiro atoms. The van der Waals surface area contributed by atoms with Gasteiger partial charge in [0.15, 0.2) is 30.9 Å². The summed E-state index contributed by atoms with van der Waals surface area (Å²) in [4.78, 5) is 0. The smallest absolute Gasteiger partial charge is 0.267 e. The van der Waals surface area contributed by atoms with Crippen LogP contribution in [0.1, 0.15) is 19.3 Å². The Bertz CT molecular complexity index is 414. The van der Waals surface area contributed by atoms with Gasteiger partial charge in [-0.05, 0) is 19.3 Å². The quantitative estimate of drug-likeness (QED) is 0.328. The Morgan fingerprint density at radius 1 is 0.783 bits per heavy atom. The van der Waals surface area contributed by atoms with Gasteiger partial charge >= 0.3 is 0 Å². The van der Waals surface area contributed by atoms with Gasteiger partial charge in [0, 0.05) is 0 Å². The van der Waals surface area contributed by atoms with Gasteiger partial charge in [-0.1, -0.05) is 0 Å². The number of hydrogen-bond acceptors (Lipinski definition) is 3. The summed E-state index contributed by atoms with van der Waals surface area (Å²) < 4.78 is 120. The minimum atomic E-state index is -4.99. The van der Waals surface area contributed by atoms with E-state index in [1.807, 2.05) is 0 Å². The molecule has 142 valence electrons. The molecule has 4 N–H and O–H groups in total. The number of unbranched alkanes of at least 4 members (excludes halogenated alkanes) is 1. The van der Waals surface area contributed by atoms with E-state index in [0.717, 1.165) is 0 Å². The van der Waals surface area contributed by atoms with Crippen LogP contribution in [0.25, 0.3) is 0 Å². The summed E-state index contributed by atoms with van der Waals surface area (Å²) in [5.74, 6) is -1.84. The molecule has 4 nitrogen and oxygen atoms in total. The standard InChI is InChI=1S/C11H17F7O3S.H3N/c12-4-2-1-3-6(13)8(15)10(17)11(18)9(16)7(14)5-22(19,20)21;/h6-11H,1-5H2,(H,19,20,21);1H3. The molecule has 0 aromatic rings. The molecule has 0 aromatic carbocycles. The largest absolute Gasteiger partial charge is 0.344 e. The van der Waals surface area contributed by atoms with E-state index in [4.69, 9.17) is 4.55 Å². The van der Waals surface area contributed by atoms with Crippen LogP contribution in [0, 0.1) is 0 Å². The Morgan fingerprint density at radius 3 is 1.61 bits per heavy atom. The molecule has 0 amide bonds. The Labute approximate surface area is 129 Å². The van der Waals surface area contributed by atoms with Gasteiger partial charge in [0.1, 0.15) is 11.9 Å². The molecule has 12 heteroatoms. The van der Waals surface area contributed by atoms with Gasteiger partial charge < -0.3 is 6.15 Å². The second-order valence-corrected chi connectivity index (χ2v) is 6.24. The fourth-order valence-corrected chi connectivity index (χ4v) is 2.22. The first kappa shape index (κ1) is 24.6. The van der Waals surface area contributed by atoms with E-state index < -0.39 is 66.0 Å². The van der Waals surface area contributed by atoms with E-state index in [9.17, 15) is 39.2 Å². The van der Waals surface area contributed by atoms with Gasteiger partial charge in [0.25, 0.3) is 10.1 Å². The second kappa shape index (κ2) is 11.0. The minimum absolute atomic E-state index is 0. The zero-order valence-corrected chi connectivity index (χ0v) is 12.8. The van der Waals surface area contributed by atoms with Crippen LogP contribution in [0.15, 0.2) is 0 Å². The SMILES string of the molecule is N.O=S(=O)(O)CC(F)C(F)C(F)C(F)C(F)C(F)CCCCF. The van der Waals surface area contributed by atoms with Crippen LogP contribution in [0.3, 0.4) is 0 Å². The first-order valence-corrected chi connectivity index (χ1v) is 7.97. The van der Waals surface area contributed by atoms with Crippen LogP contribution in [0.5, 0.6) is 0 Å². The third-order valence-electron chi connectivity index (χ3n) is 2.84. The molecule has 6 atom stereocenters. The molecule has 0 fully saturated rings. The predicted octanol–water partition coefficient (Wildman–Crippen LogP) is 3.20. The van der Waals surface area contributed by atoms with Gasteiger partial charge in [-0.3, -0.25) is 8.94 Å². The fraction of sp³-hybridized carbons (Fsp3) is 1.00. The third-order valence-corrected chi connectivity index (χ3v) is 3.58. The third kappa shape index (κ3) is 9.30. The summed E-state index contributed by atoms with van der Waals surface area (Å²) in [6, 6.07) is 0. The van der Waals surface area contributed by atoms with Crippen LogP contribution in [0.4, 0.5) is 30.7 Å². The Morgan fingerprint density at radius 2 is 1.22 bits per heavy atom. The molecule has 0 aromatic heterocycles. The number of alkyl halides is 7. The summed E-state index contributed by atoms with van der Waals surface area (Å²) in [6.45, 7) is -0.805. The van der Waals surface area contributed by atoms with Crippen molar-refractivity contribution in [1.82, 2.24) is 6.15 Å². The first-order valence-electron chi connectivity index (χ1n) is 6.36. The second-order valence-electron chi connectivity index (χ2n) is 4.74. The van der Waals surface area contributed by atoms with Gasteiger partial charge in [-0.2, -0.15) is 8.42 Å². The maximum atomic E-state index is 13.3. The van der Waals surface area contributed by atoms with E-state index in [2.05, 4.69) is 0 Å². The van der Waals surface area contributed by atoms with Crippen molar-refractivity contribution in [2.75, 3.05) is 12.4 Å². The highest BCUT2D eigenvalue weighted by Crippen LogP contribution is 2.26. The average molecular weight is 379 g/mol. The van der Waals surface area contributed by atoms with Crippen molar-refractivity contribution in [2.45, 2.75) is 56.3 Å². The van der Waals surface area contributed by atoms with Crippen LogP contribution in [-0.2, 0) is 10.1 Å². The molecule has 0 rings (SSSR count). The number of halogens is 7. The summed E-state index contributed by atoms with van der Waals surface area (Å²) in [7, 11) is -4.99. The van der Waals surface area contributed by atoms with E-state index in [1.165, 1.54) is 0 Å². The molecular formula is C11H20F7NO3S. The first-order chi connectivity index (χ1) is 10.0. The summed E-state index contributed by atoms with van der Waals surface area (Å²) in [5, 5.41) is 0. The van der Waals surface area contributed by atoms with E-state index in [0.29, 0.717) is 0 Å². The van der Waals surface area contributed by atoms with E-state index in [1.54, 1.807) is 0 Å². The zero-order chi connectivity index (χ0) is 17.5. The Hall–Kier alpha value is -0.620. The van der Waals surface area contributed by atoms with Gasteiger partial charge in [-0.15, -0.1) is 0 Å². The molecular weight excluding hydrogens is 359 g/mol. The molecule has 0 aliphatic rings. The van der Waals surface area contributed by atoms with Crippen LogP contribution in [0.2, 0.25) is 0 Å². The summed E-state index contributed by atoms with van der Waals surface area (Å²) in [6.07, 6.45) is -19.9. The molecule has 0 saturated heterocycles. The van der Waals surface area contributed by atoms with Crippen LogP contribution in [-0.4, -0.2) is 62.4 Å². The average Bonchev–Trinajstić information content (AvgIpc) is 2.42. The van der Waals surface area contributed by atoms with Crippen molar-refractivity contribution in [3.63, 3.8) is 0 Å². The van der Waals surface area contributed by atoms with Crippen molar-refractivity contribution in [1.29, 1.82) is 0 Å². The topological polar surface area (TPSA) is 89.4 Å². The lowest BCUT2D eigenvalue weighted by Crippen LogP contribution is -2.44. The predicted molar refractivity (Wildman–Crippen MR) is 70.6 cm³/mol. The van der Waals surface area contributed by atoms with E-state index in [-0.39, 0.29) is 19.0 Å². The molecule has 0 aliphatic heterocycles. The highest BCUT2D eigenvalue weighted by molar-refractivity contribution is 7.85. The fourth-order valence-electron chi connectivity index (χ4n) is 1.64. The molecule has 0 aliphatic carbocycles. The highest BCUT2D eigenvalue weighted by Gasteiger charge is 2.44. The van der Waals surface area contributed by atoms with Gasteiger partial charge in [0.2, 0.25) is 0 Å². The molecule has 0 saturated carbocycles. The lowest BCUT2D eigenvalue weighted by molar-refractivity contribution is -0.0183. The zero-order valence-electron chi connectivity index (χ0n) is 12.0. The van der Waals surface area contributed by atoms with Crippen molar-refractivity contribution in [3.8, 4) is 0 Å². The molecule has 23 heavy (non-hydrogen) atoms. The van der Waals surface area contributed by atoms with Crippen molar-refractivity contribution >= 4 is 10.1 Å². The normalized spacial score (nSPS) is 20.0. The molecule has 0 bridgehead atoms. The van der Waals surface area contributed by atoms with Crippen molar-refractivity contribution in [2.24, 2.45) is 0 Å². The molecule has 0 radical (unpaired) electrons. The lowest BCUT2D eigenvalue weighted by Gasteiger charge is -2.23. The van der Waals surface area contributed by atoms with Crippen molar-refractivity contribution < 1.29 is 43.7 Å². The van der Waals surface area contributed by atoms with Gasteiger partial charge in [-0.25, -0.2) is 26.3 Å². The Kier molecular flexibility index (Phi) is 11.8.